The molecule has 1 aliphatic rings. The second kappa shape index (κ2) is 6.06. The van der Waals surface area contributed by atoms with E-state index in [4.69, 9.17) is 4.74 Å². The molecule has 1 atom stereocenters. The van der Waals surface area contributed by atoms with Gasteiger partial charge in [-0.25, -0.2) is 0 Å². The molecule has 0 saturated heterocycles. The number of benzene rings is 1. The molecule has 0 aliphatic carbocycles. The number of hydrogen-bond acceptors (Lipinski definition) is 2. The van der Waals surface area contributed by atoms with Crippen LogP contribution in [-0.4, -0.2) is 13.7 Å². The first-order chi connectivity index (χ1) is 8.35. The standard InChI is InChI=1S/C15H23NO/c1-3-4-5-6-14(16-2)12-7-8-15-13(11-12)9-10-17-15/h7-8,11,14,16H,3-6,9-10H2,1-2H3. The van der Waals surface area contributed by atoms with Gasteiger partial charge in [0, 0.05) is 12.5 Å². The number of rotatable bonds is 6. The van der Waals surface area contributed by atoms with Gasteiger partial charge in [-0.2, -0.15) is 0 Å². The molecule has 0 amide bonds. The summed E-state index contributed by atoms with van der Waals surface area (Å²) >= 11 is 0. The van der Waals surface area contributed by atoms with Crippen molar-refractivity contribution in [3.8, 4) is 5.75 Å². The largest absolute Gasteiger partial charge is 0.493 e. The van der Waals surface area contributed by atoms with Crippen molar-refractivity contribution in [1.82, 2.24) is 5.32 Å². The second-order valence-corrected chi connectivity index (χ2v) is 4.80. The van der Waals surface area contributed by atoms with Crippen molar-refractivity contribution >= 4 is 0 Å². The number of nitrogens with one attached hydrogen (secondary N) is 1. The summed E-state index contributed by atoms with van der Waals surface area (Å²) in [5.41, 5.74) is 2.78. The SMILES string of the molecule is CCCCCC(NC)c1ccc2c(c1)CCO2. The van der Waals surface area contributed by atoms with Crippen LogP contribution in [0.4, 0.5) is 0 Å². The average Bonchev–Trinajstić information content (AvgIpc) is 2.82. The van der Waals surface area contributed by atoms with Gasteiger partial charge < -0.3 is 10.1 Å². The third-order valence-corrected chi connectivity index (χ3v) is 3.56. The first-order valence-corrected chi connectivity index (χ1v) is 6.78. The number of ether oxygens (including phenoxy) is 1. The topological polar surface area (TPSA) is 21.3 Å². The lowest BCUT2D eigenvalue weighted by Crippen LogP contribution is -2.16. The summed E-state index contributed by atoms with van der Waals surface area (Å²) in [4.78, 5) is 0. The van der Waals surface area contributed by atoms with E-state index in [0.29, 0.717) is 6.04 Å². The summed E-state index contributed by atoms with van der Waals surface area (Å²) in [7, 11) is 2.06. The molecule has 17 heavy (non-hydrogen) atoms. The van der Waals surface area contributed by atoms with E-state index < -0.39 is 0 Å². The van der Waals surface area contributed by atoms with Crippen molar-refractivity contribution in [3.05, 3.63) is 29.3 Å². The molecule has 1 aromatic carbocycles. The minimum Gasteiger partial charge on any atom is -0.493 e. The van der Waals surface area contributed by atoms with Gasteiger partial charge in [-0.05, 0) is 30.7 Å². The molecular formula is C15H23NO. The molecular weight excluding hydrogens is 210 g/mol. The first-order valence-electron chi connectivity index (χ1n) is 6.78. The van der Waals surface area contributed by atoms with Crippen LogP contribution in [0.15, 0.2) is 18.2 Å². The summed E-state index contributed by atoms with van der Waals surface area (Å²) in [6.45, 7) is 3.10. The highest BCUT2D eigenvalue weighted by molar-refractivity contribution is 5.40. The maximum atomic E-state index is 5.54. The molecule has 0 spiro atoms. The third-order valence-electron chi connectivity index (χ3n) is 3.56. The fourth-order valence-corrected chi connectivity index (χ4v) is 2.50. The molecule has 2 heteroatoms. The van der Waals surface area contributed by atoms with Gasteiger partial charge in [-0.15, -0.1) is 0 Å². The molecule has 0 saturated carbocycles. The molecule has 0 fully saturated rings. The zero-order valence-corrected chi connectivity index (χ0v) is 11.0. The van der Waals surface area contributed by atoms with Crippen molar-refractivity contribution < 1.29 is 4.74 Å². The van der Waals surface area contributed by atoms with E-state index in [9.17, 15) is 0 Å². The van der Waals surface area contributed by atoms with Gasteiger partial charge in [0.15, 0.2) is 0 Å². The van der Waals surface area contributed by atoms with Crippen molar-refractivity contribution in [2.24, 2.45) is 0 Å². The van der Waals surface area contributed by atoms with Crippen molar-refractivity contribution in [2.45, 2.75) is 45.1 Å². The Balaban J connectivity index is 2.03. The average molecular weight is 233 g/mol. The maximum absolute atomic E-state index is 5.54. The minimum absolute atomic E-state index is 0.493. The Hall–Kier alpha value is -1.02. The third kappa shape index (κ3) is 3.01. The Kier molecular flexibility index (Phi) is 4.43. The van der Waals surface area contributed by atoms with Gasteiger partial charge in [0.1, 0.15) is 5.75 Å². The van der Waals surface area contributed by atoms with Crippen LogP contribution in [0.2, 0.25) is 0 Å². The fourth-order valence-electron chi connectivity index (χ4n) is 2.50. The van der Waals surface area contributed by atoms with Crippen LogP contribution in [0.1, 0.15) is 49.8 Å². The molecule has 1 heterocycles. The lowest BCUT2D eigenvalue weighted by Gasteiger charge is -2.17. The Morgan fingerprint density at radius 2 is 2.24 bits per heavy atom. The van der Waals surface area contributed by atoms with Crippen LogP contribution >= 0.6 is 0 Å². The van der Waals surface area contributed by atoms with Crippen LogP contribution < -0.4 is 10.1 Å². The van der Waals surface area contributed by atoms with Gasteiger partial charge in [-0.1, -0.05) is 38.3 Å². The molecule has 2 nitrogen and oxygen atoms in total. The van der Waals surface area contributed by atoms with E-state index in [1.54, 1.807) is 0 Å². The van der Waals surface area contributed by atoms with Crippen molar-refractivity contribution in [2.75, 3.05) is 13.7 Å². The van der Waals surface area contributed by atoms with Gasteiger partial charge in [0.2, 0.25) is 0 Å². The maximum Gasteiger partial charge on any atom is 0.122 e. The van der Waals surface area contributed by atoms with Crippen molar-refractivity contribution in [3.63, 3.8) is 0 Å². The lowest BCUT2D eigenvalue weighted by molar-refractivity contribution is 0.356. The fraction of sp³-hybridized carbons (Fsp3) is 0.600. The quantitative estimate of drug-likeness (QED) is 0.760. The van der Waals surface area contributed by atoms with Gasteiger partial charge in [-0.3, -0.25) is 0 Å². The van der Waals surface area contributed by atoms with Crippen LogP contribution in [0.5, 0.6) is 5.75 Å². The summed E-state index contributed by atoms with van der Waals surface area (Å²) in [5, 5.41) is 3.43. The molecule has 1 aliphatic heterocycles. The normalized spacial score (nSPS) is 15.4. The smallest absolute Gasteiger partial charge is 0.122 e. The highest BCUT2D eigenvalue weighted by Gasteiger charge is 2.15. The molecule has 0 bridgehead atoms. The van der Waals surface area contributed by atoms with E-state index in [1.807, 2.05) is 0 Å². The molecule has 1 N–H and O–H groups in total. The highest BCUT2D eigenvalue weighted by atomic mass is 16.5. The number of unbranched alkanes of at least 4 members (excludes halogenated alkanes) is 2. The van der Waals surface area contributed by atoms with E-state index in [2.05, 4.69) is 37.5 Å². The van der Waals surface area contributed by atoms with E-state index in [-0.39, 0.29) is 0 Å². The van der Waals surface area contributed by atoms with Crippen molar-refractivity contribution in [1.29, 1.82) is 0 Å². The van der Waals surface area contributed by atoms with Crippen LogP contribution in [0.25, 0.3) is 0 Å². The van der Waals surface area contributed by atoms with Crippen LogP contribution in [0.3, 0.4) is 0 Å². The molecule has 2 rings (SSSR count). The molecule has 0 radical (unpaired) electrons. The Labute approximate surface area is 104 Å². The zero-order valence-electron chi connectivity index (χ0n) is 11.0. The zero-order chi connectivity index (χ0) is 12.1. The summed E-state index contributed by atoms with van der Waals surface area (Å²) in [5.74, 6) is 1.08. The molecule has 1 unspecified atom stereocenters. The summed E-state index contributed by atoms with van der Waals surface area (Å²) < 4.78 is 5.54. The Morgan fingerprint density at radius 3 is 3.00 bits per heavy atom. The van der Waals surface area contributed by atoms with Crippen LogP contribution in [0, 0.1) is 0 Å². The second-order valence-electron chi connectivity index (χ2n) is 4.80. The van der Waals surface area contributed by atoms with Gasteiger partial charge in [0.25, 0.3) is 0 Å². The Morgan fingerprint density at radius 1 is 1.35 bits per heavy atom. The summed E-state index contributed by atoms with van der Waals surface area (Å²) in [6.07, 6.45) is 6.20. The Bertz CT molecular complexity index is 362. The number of hydrogen-bond donors (Lipinski definition) is 1. The minimum atomic E-state index is 0.493. The van der Waals surface area contributed by atoms with E-state index in [1.165, 1.54) is 36.8 Å². The molecule has 0 aromatic heterocycles. The molecule has 1 aromatic rings. The van der Waals surface area contributed by atoms with E-state index >= 15 is 0 Å². The summed E-state index contributed by atoms with van der Waals surface area (Å²) in [6, 6.07) is 7.14. The van der Waals surface area contributed by atoms with Gasteiger partial charge >= 0.3 is 0 Å². The lowest BCUT2D eigenvalue weighted by atomic mass is 9.98. The first kappa shape index (κ1) is 12.4. The molecule has 94 valence electrons. The highest BCUT2D eigenvalue weighted by Crippen LogP contribution is 2.29. The predicted octanol–water partition coefficient (Wildman–Crippen LogP) is 3.46. The van der Waals surface area contributed by atoms with E-state index in [0.717, 1.165) is 18.8 Å². The van der Waals surface area contributed by atoms with Gasteiger partial charge in [0.05, 0.1) is 6.61 Å². The predicted molar refractivity (Wildman–Crippen MR) is 71.6 cm³/mol. The number of fused-ring (bicyclic) bond motifs is 1. The van der Waals surface area contributed by atoms with Crippen LogP contribution in [-0.2, 0) is 6.42 Å². The monoisotopic (exact) mass is 233 g/mol.